The van der Waals surface area contributed by atoms with Crippen LogP contribution in [0.4, 0.5) is 5.69 Å². The lowest BCUT2D eigenvalue weighted by Crippen LogP contribution is -2.32. The molecule has 2 heterocycles. The molecule has 0 radical (unpaired) electrons. The molecule has 0 atom stereocenters. The molecule has 2 amide bonds. The average molecular weight is 463 g/mol. The van der Waals surface area contributed by atoms with E-state index < -0.39 is 0 Å². The summed E-state index contributed by atoms with van der Waals surface area (Å²) in [5, 5.41) is 10.2. The van der Waals surface area contributed by atoms with E-state index in [0.717, 1.165) is 22.0 Å². The Morgan fingerprint density at radius 3 is 2.52 bits per heavy atom. The van der Waals surface area contributed by atoms with Gasteiger partial charge in [0, 0.05) is 11.3 Å². The molecule has 2 N–H and O–H groups in total. The van der Waals surface area contributed by atoms with Gasteiger partial charge in [-0.3, -0.25) is 9.59 Å². The van der Waals surface area contributed by atoms with E-state index in [1.165, 1.54) is 17.7 Å². The lowest BCUT2D eigenvalue weighted by atomic mass is 10.2. The van der Waals surface area contributed by atoms with Crippen LogP contribution < -0.4 is 15.4 Å². The van der Waals surface area contributed by atoms with Crippen LogP contribution in [0, 0.1) is 6.92 Å². The maximum absolute atomic E-state index is 12.6. The fourth-order valence-corrected chi connectivity index (χ4v) is 4.06. The first-order chi connectivity index (χ1) is 16.0. The molecule has 10 heteroatoms. The van der Waals surface area contributed by atoms with Gasteiger partial charge in [0.1, 0.15) is 28.3 Å². The number of aromatic nitrogens is 4. The SMILES string of the molecule is CCOc1ccc(-c2nc(C)c(C(=O)NCC(=O)Nc3ccc(-n4cncn4)cc3)s2)cc1. The van der Waals surface area contributed by atoms with Gasteiger partial charge in [-0.05, 0) is 62.4 Å². The molecule has 0 saturated heterocycles. The minimum atomic E-state index is -0.334. The maximum Gasteiger partial charge on any atom is 0.263 e. The highest BCUT2D eigenvalue weighted by molar-refractivity contribution is 7.17. The lowest BCUT2D eigenvalue weighted by Gasteiger charge is -2.07. The van der Waals surface area contributed by atoms with Gasteiger partial charge in [-0.1, -0.05) is 0 Å². The third kappa shape index (κ3) is 5.42. The van der Waals surface area contributed by atoms with Crippen molar-refractivity contribution in [3.05, 3.63) is 71.8 Å². The molecule has 0 saturated carbocycles. The first-order valence-corrected chi connectivity index (χ1v) is 11.1. The number of aryl methyl sites for hydroxylation is 1. The van der Waals surface area contributed by atoms with Crippen LogP contribution >= 0.6 is 11.3 Å². The van der Waals surface area contributed by atoms with Crippen LogP contribution in [0.1, 0.15) is 22.3 Å². The van der Waals surface area contributed by atoms with Crippen LogP contribution in [0.15, 0.2) is 61.2 Å². The van der Waals surface area contributed by atoms with Crippen LogP contribution in [-0.2, 0) is 4.79 Å². The van der Waals surface area contributed by atoms with E-state index in [-0.39, 0.29) is 18.4 Å². The zero-order valence-electron chi connectivity index (χ0n) is 18.1. The van der Waals surface area contributed by atoms with Crippen molar-refractivity contribution >= 4 is 28.8 Å². The van der Waals surface area contributed by atoms with Crippen LogP contribution in [0.3, 0.4) is 0 Å². The highest BCUT2D eigenvalue weighted by Gasteiger charge is 2.17. The van der Waals surface area contributed by atoms with Crippen LogP contribution in [0.25, 0.3) is 16.3 Å². The van der Waals surface area contributed by atoms with Crippen LogP contribution in [-0.4, -0.2) is 44.7 Å². The van der Waals surface area contributed by atoms with E-state index in [0.29, 0.717) is 22.9 Å². The Balaban J connectivity index is 1.33. The average Bonchev–Trinajstić information content (AvgIpc) is 3.49. The number of nitrogens with one attached hydrogen (secondary N) is 2. The first-order valence-electron chi connectivity index (χ1n) is 10.3. The Bertz CT molecular complexity index is 1230. The number of hydrogen-bond donors (Lipinski definition) is 2. The van der Waals surface area contributed by atoms with Gasteiger partial charge in [0.25, 0.3) is 5.91 Å². The molecule has 9 nitrogen and oxygen atoms in total. The third-order valence-electron chi connectivity index (χ3n) is 4.66. The number of hydrogen-bond acceptors (Lipinski definition) is 7. The number of benzene rings is 2. The molecule has 33 heavy (non-hydrogen) atoms. The number of amides is 2. The van der Waals surface area contributed by atoms with Gasteiger partial charge >= 0.3 is 0 Å². The van der Waals surface area contributed by atoms with Crippen molar-refractivity contribution in [3.8, 4) is 22.0 Å². The zero-order valence-corrected chi connectivity index (χ0v) is 18.9. The van der Waals surface area contributed by atoms with Crippen molar-refractivity contribution < 1.29 is 14.3 Å². The Morgan fingerprint density at radius 2 is 1.85 bits per heavy atom. The van der Waals surface area contributed by atoms with Gasteiger partial charge in [-0.2, -0.15) is 5.10 Å². The number of ether oxygens (including phenoxy) is 1. The molecule has 0 aliphatic heterocycles. The fourth-order valence-electron chi connectivity index (χ4n) is 3.08. The summed E-state index contributed by atoms with van der Waals surface area (Å²) in [4.78, 5) is 33.8. The Morgan fingerprint density at radius 1 is 1.09 bits per heavy atom. The molecule has 0 aliphatic rings. The van der Waals surface area contributed by atoms with Gasteiger partial charge in [0.05, 0.1) is 24.5 Å². The number of carbonyl (C=O) groups excluding carboxylic acids is 2. The Labute approximate surface area is 194 Å². The van der Waals surface area contributed by atoms with E-state index in [2.05, 4.69) is 25.7 Å². The smallest absolute Gasteiger partial charge is 0.263 e. The van der Waals surface area contributed by atoms with Crippen molar-refractivity contribution in [1.82, 2.24) is 25.1 Å². The molecular formula is C23H22N6O3S. The summed E-state index contributed by atoms with van der Waals surface area (Å²) in [7, 11) is 0. The summed E-state index contributed by atoms with van der Waals surface area (Å²) in [6, 6.07) is 14.7. The first kappa shape index (κ1) is 22.2. The van der Waals surface area contributed by atoms with E-state index in [4.69, 9.17) is 4.74 Å². The summed E-state index contributed by atoms with van der Waals surface area (Å²) in [6.07, 6.45) is 3.04. The van der Waals surface area contributed by atoms with Gasteiger partial charge < -0.3 is 15.4 Å². The molecule has 0 bridgehead atoms. The highest BCUT2D eigenvalue weighted by atomic mass is 32.1. The molecule has 2 aromatic heterocycles. The van der Waals surface area contributed by atoms with Crippen molar-refractivity contribution in [2.24, 2.45) is 0 Å². The van der Waals surface area contributed by atoms with Crippen LogP contribution in [0.5, 0.6) is 5.75 Å². The van der Waals surface area contributed by atoms with E-state index in [1.54, 1.807) is 30.1 Å². The Hall–Kier alpha value is -4.05. The van der Waals surface area contributed by atoms with Gasteiger partial charge in [-0.15, -0.1) is 11.3 Å². The van der Waals surface area contributed by atoms with E-state index in [1.807, 2.05) is 43.3 Å². The molecular weight excluding hydrogens is 440 g/mol. The molecule has 0 spiro atoms. The van der Waals surface area contributed by atoms with E-state index >= 15 is 0 Å². The predicted molar refractivity (Wildman–Crippen MR) is 126 cm³/mol. The summed E-state index contributed by atoms with van der Waals surface area (Å²) >= 11 is 1.29. The topological polar surface area (TPSA) is 111 Å². The van der Waals surface area contributed by atoms with Crippen molar-refractivity contribution in [2.45, 2.75) is 13.8 Å². The number of carbonyl (C=O) groups is 2. The second-order valence-corrected chi connectivity index (χ2v) is 8.01. The maximum atomic E-state index is 12.6. The van der Waals surface area contributed by atoms with Crippen LogP contribution in [0.2, 0.25) is 0 Å². The molecule has 4 rings (SSSR count). The molecule has 0 aliphatic carbocycles. The number of anilines is 1. The third-order valence-corrected chi connectivity index (χ3v) is 5.86. The normalized spacial score (nSPS) is 10.6. The second-order valence-electron chi connectivity index (χ2n) is 7.01. The van der Waals surface area contributed by atoms with E-state index in [9.17, 15) is 9.59 Å². The summed E-state index contributed by atoms with van der Waals surface area (Å²) in [6.45, 7) is 4.15. The van der Waals surface area contributed by atoms with Gasteiger partial charge in [0.2, 0.25) is 5.91 Å². The Kier molecular flexibility index (Phi) is 6.75. The molecule has 0 fully saturated rings. The zero-order chi connectivity index (χ0) is 23.2. The minimum absolute atomic E-state index is 0.153. The minimum Gasteiger partial charge on any atom is -0.494 e. The summed E-state index contributed by atoms with van der Waals surface area (Å²) < 4.78 is 7.07. The van der Waals surface area contributed by atoms with Crippen molar-refractivity contribution in [3.63, 3.8) is 0 Å². The number of nitrogens with zero attached hydrogens (tertiary/aromatic N) is 4. The number of rotatable bonds is 8. The predicted octanol–water partition coefficient (Wildman–Crippen LogP) is 3.47. The summed E-state index contributed by atoms with van der Waals surface area (Å²) in [5.41, 5.74) is 2.95. The quantitative estimate of drug-likeness (QED) is 0.415. The number of thiazole rings is 1. The highest BCUT2D eigenvalue weighted by Crippen LogP contribution is 2.29. The van der Waals surface area contributed by atoms with Gasteiger partial charge in [0.15, 0.2) is 0 Å². The molecule has 0 unspecified atom stereocenters. The van der Waals surface area contributed by atoms with Crippen molar-refractivity contribution in [2.75, 3.05) is 18.5 Å². The fraction of sp³-hybridized carbons (Fsp3) is 0.174. The lowest BCUT2D eigenvalue weighted by molar-refractivity contribution is -0.115. The molecule has 168 valence electrons. The standard InChI is InChI=1S/C23H22N6O3S/c1-3-32-19-10-4-16(5-11-19)23-27-15(2)21(33-23)22(31)25-12-20(30)28-17-6-8-18(9-7-17)29-14-24-13-26-29/h4-11,13-14H,3,12H2,1-2H3,(H,25,31)(H,28,30). The largest absolute Gasteiger partial charge is 0.494 e. The molecule has 2 aromatic carbocycles. The summed E-state index contributed by atoms with van der Waals surface area (Å²) in [5.74, 6) is 0.121. The monoisotopic (exact) mass is 462 g/mol. The second kappa shape index (κ2) is 10.0. The van der Waals surface area contributed by atoms with Crippen molar-refractivity contribution in [1.29, 1.82) is 0 Å². The van der Waals surface area contributed by atoms with Gasteiger partial charge in [-0.25, -0.2) is 14.6 Å². The molecule has 4 aromatic rings.